The number of rotatable bonds is 15. The molecule has 44 heavy (non-hydrogen) atoms. The first-order chi connectivity index (χ1) is 21.1. The Morgan fingerprint density at radius 1 is 0.500 bits per heavy atom. The summed E-state index contributed by atoms with van der Waals surface area (Å²) in [5.74, 6) is 2.93. The van der Waals surface area contributed by atoms with E-state index < -0.39 is 5.41 Å². The molecule has 6 nitrogen and oxygen atoms in total. The lowest BCUT2D eigenvalue weighted by Crippen LogP contribution is -2.27. The molecule has 3 fully saturated rings. The summed E-state index contributed by atoms with van der Waals surface area (Å²) in [5, 5.41) is 0. The van der Waals surface area contributed by atoms with Crippen molar-refractivity contribution in [1.29, 1.82) is 0 Å². The molecule has 3 atom stereocenters. The van der Waals surface area contributed by atoms with Crippen LogP contribution >= 0.6 is 0 Å². The van der Waals surface area contributed by atoms with Crippen molar-refractivity contribution in [2.24, 2.45) is 0 Å². The van der Waals surface area contributed by atoms with Crippen LogP contribution in [-0.2, 0) is 19.6 Å². The summed E-state index contributed by atoms with van der Waals surface area (Å²) in [6.45, 7) is 19.9. The topological polar surface area (TPSA) is 65.3 Å². The van der Waals surface area contributed by atoms with E-state index in [1.54, 1.807) is 0 Å². The SMILES string of the molecule is Cc1cc(C(C)(c2cc(C)c(OCCC3CO3)c(C)c2)c2cc(C)c(OCCC3CO3)c(C)c2)cc(C)c1OCCC1CO1. The smallest absolute Gasteiger partial charge is 0.125 e. The van der Waals surface area contributed by atoms with E-state index in [2.05, 4.69) is 84.9 Å². The quantitative estimate of drug-likeness (QED) is 0.134. The fraction of sp³-hybridized carbons (Fsp3) is 0.526. The van der Waals surface area contributed by atoms with Crippen molar-refractivity contribution in [2.75, 3.05) is 39.6 Å². The molecule has 0 spiro atoms. The highest BCUT2D eigenvalue weighted by atomic mass is 16.6. The molecular formula is C38H48O6. The highest BCUT2D eigenvalue weighted by Crippen LogP contribution is 2.45. The maximum Gasteiger partial charge on any atom is 0.125 e. The summed E-state index contributed by atoms with van der Waals surface area (Å²) in [7, 11) is 0. The molecule has 0 bridgehead atoms. The Morgan fingerprint density at radius 3 is 0.932 bits per heavy atom. The number of hydrogen-bond donors (Lipinski definition) is 0. The third-order valence-electron chi connectivity index (χ3n) is 9.38. The summed E-state index contributed by atoms with van der Waals surface area (Å²) >= 11 is 0. The van der Waals surface area contributed by atoms with Crippen LogP contribution in [0, 0.1) is 41.5 Å². The lowest BCUT2D eigenvalue weighted by Gasteiger charge is -2.35. The van der Waals surface area contributed by atoms with Gasteiger partial charge >= 0.3 is 0 Å². The molecule has 3 heterocycles. The minimum absolute atomic E-state index is 0.360. The molecule has 3 saturated heterocycles. The fourth-order valence-electron chi connectivity index (χ4n) is 6.48. The Morgan fingerprint density at radius 2 is 0.727 bits per heavy atom. The van der Waals surface area contributed by atoms with Crippen LogP contribution in [0.3, 0.4) is 0 Å². The number of epoxide rings is 3. The normalized spacial score (nSPS) is 21.5. The molecule has 3 aliphatic rings. The molecule has 0 amide bonds. The summed E-state index contributed by atoms with van der Waals surface area (Å²) in [6.07, 6.45) is 3.87. The van der Waals surface area contributed by atoms with Gasteiger partial charge in [-0.3, -0.25) is 0 Å². The molecule has 3 aromatic rings. The van der Waals surface area contributed by atoms with Gasteiger partial charge in [-0.2, -0.15) is 0 Å². The Bertz CT molecular complexity index is 1250. The molecule has 0 radical (unpaired) electrons. The van der Waals surface area contributed by atoms with Crippen LogP contribution in [0.2, 0.25) is 0 Å². The largest absolute Gasteiger partial charge is 0.493 e. The van der Waals surface area contributed by atoms with E-state index in [9.17, 15) is 0 Å². The van der Waals surface area contributed by atoms with Gasteiger partial charge in [0.05, 0.1) is 58.0 Å². The fourth-order valence-corrected chi connectivity index (χ4v) is 6.48. The van der Waals surface area contributed by atoms with Crippen LogP contribution in [0.15, 0.2) is 36.4 Å². The second kappa shape index (κ2) is 12.7. The Kier molecular flexibility index (Phi) is 8.96. The van der Waals surface area contributed by atoms with Crippen molar-refractivity contribution in [3.05, 3.63) is 86.5 Å². The average Bonchev–Trinajstić information content (AvgIpc) is 3.82. The summed E-state index contributed by atoms with van der Waals surface area (Å²) in [4.78, 5) is 0. The van der Waals surface area contributed by atoms with Crippen LogP contribution in [0.1, 0.15) is 76.3 Å². The van der Waals surface area contributed by atoms with E-state index in [-0.39, 0.29) is 0 Å². The van der Waals surface area contributed by atoms with Crippen LogP contribution in [0.5, 0.6) is 17.2 Å². The second-order valence-electron chi connectivity index (χ2n) is 13.2. The van der Waals surface area contributed by atoms with Crippen molar-refractivity contribution in [3.63, 3.8) is 0 Å². The minimum atomic E-state index is -0.429. The van der Waals surface area contributed by atoms with Gasteiger partial charge in [0, 0.05) is 24.7 Å². The lowest BCUT2D eigenvalue weighted by atomic mass is 9.69. The molecule has 0 N–H and O–H groups in total. The second-order valence-corrected chi connectivity index (χ2v) is 13.2. The highest BCUT2D eigenvalue weighted by molar-refractivity contribution is 5.59. The zero-order chi connectivity index (χ0) is 31.0. The first kappa shape index (κ1) is 30.9. The number of hydrogen-bond acceptors (Lipinski definition) is 6. The maximum absolute atomic E-state index is 6.29. The van der Waals surface area contributed by atoms with E-state index in [1.807, 2.05) is 0 Å². The van der Waals surface area contributed by atoms with Gasteiger partial charge in [-0.1, -0.05) is 36.4 Å². The zero-order valence-corrected chi connectivity index (χ0v) is 27.5. The van der Waals surface area contributed by atoms with E-state index in [0.717, 1.165) is 89.7 Å². The maximum atomic E-state index is 6.29. The van der Waals surface area contributed by atoms with Crippen molar-refractivity contribution >= 4 is 0 Å². The molecule has 3 unspecified atom stereocenters. The molecule has 6 rings (SSSR count). The molecular weight excluding hydrogens is 552 g/mol. The predicted molar refractivity (Wildman–Crippen MR) is 173 cm³/mol. The molecule has 0 saturated carbocycles. The Balaban J connectivity index is 1.37. The van der Waals surface area contributed by atoms with Gasteiger partial charge in [-0.05, 0) is 98.5 Å². The number of aryl methyl sites for hydroxylation is 6. The van der Waals surface area contributed by atoms with Crippen LogP contribution in [0.4, 0.5) is 0 Å². The predicted octanol–water partition coefficient (Wildman–Crippen LogP) is 7.39. The molecule has 6 heteroatoms. The third kappa shape index (κ3) is 6.93. The van der Waals surface area contributed by atoms with Gasteiger partial charge in [0.1, 0.15) is 17.2 Å². The van der Waals surface area contributed by atoms with Crippen molar-refractivity contribution in [2.45, 2.75) is 91.5 Å². The molecule has 0 aliphatic carbocycles. The summed E-state index contributed by atoms with van der Waals surface area (Å²) in [5.41, 5.74) is 10.2. The van der Waals surface area contributed by atoms with Gasteiger partial charge in [-0.25, -0.2) is 0 Å². The first-order valence-electron chi connectivity index (χ1n) is 16.2. The minimum Gasteiger partial charge on any atom is -0.493 e. The van der Waals surface area contributed by atoms with Crippen LogP contribution < -0.4 is 14.2 Å². The lowest BCUT2D eigenvalue weighted by molar-refractivity contribution is 0.280. The van der Waals surface area contributed by atoms with Crippen molar-refractivity contribution in [3.8, 4) is 17.2 Å². The monoisotopic (exact) mass is 600 g/mol. The summed E-state index contributed by atoms with van der Waals surface area (Å²) < 4.78 is 35.0. The standard InChI is InChI=1S/C38H48O6/c1-23-14-29(15-24(2)35(23)39-11-8-32-20-42-32)38(7,30-16-25(3)36(26(4)17-30)40-12-9-33-21-43-33)31-18-27(5)37(28(6)19-31)41-13-10-34-22-44-34/h14-19,32-34H,8-13,20-22H2,1-7H3. The number of benzene rings is 3. The third-order valence-corrected chi connectivity index (χ3v) is 9.38. The highest BCUT2D eigenvalue weighted by Gasteiger charge is 2.35. The van der Waals surface area contributed by atoms with Crippen molar-refractivity contribution in [1.82, 2.24) is 0 Å². The van der Waals surface area contributed by atoms with E-state index >= 15 is 0 Å². The zero-order valence-electron chi connectivity index (χ0n) is 27.5. The van der Waals surface area contributed by atoms with Crippen LogP contribution in [0.25, 0.3) is 0 Å². The van der Waals surface area contributed by atoms with E-state index in [0.29, 0.717) is 38.1 Å². The molecule has 3 aromatic carbocycles. The van der Waals surface area contributed by atoms with Gasteiger partial charge in [0.15, 0.2) is 0 Å². The average molecular weight is 601 g/mol. The first-order valence-corrected chi connectivity index (χ1v) is 16.2. The van der Waals surface area contributed by atoms with E-state index in [4.69, 9.17) is 28.4 Å². The van der Waals surface area contributed by atoms with Crippen molar-refractivity contribution < 1.29 is 28.4 Å². The molecule has 3 aliphatic heterocycles. The van der Waals surface area contributed by atoms with Gasteiger partial charge in [-0.15, -0.1) is 0 Å². The molecule has 0 aromatic heterocycles. The Hall–Kier alpha value is -3.06. The Labute approximate surface area is 263 Å². The van der Waals surface area contributed by atoms with E-state index in [1.165, 1.54) is 16.7 Å². The molecule has 236 valence electrons. The van der Waals surface area contributed by atoms with Crippen LogP contribution in [-0.4, -0.2) is 58.0 Å². The van der Waals surface area contributed by atoms with Gasteiger partial charge in [0.2, 0.25) is 0 Å². The van der Waals surface area contributed by atoms with Gasteiger partial charge < -0.3 is 28.4 Å². The summed E-state index contributed by atoms with van der Waals surface area (Å²) in [6, 6.07) is 13.9. The number of ether oxygens (including phenoxy) is 6. The van der Waals surface area contributed by atoms with Gasteiger partial charge in [0.25, 0.3) is 0 Å².